The van der Waals surface area contributed by atoms with Crippen LogP contribution >= 0.6 is 23.4 Å². The minimum atomic E-state index is -0.845. The Balaban J connectivity index is 1.66. The highest BCUT2D eigenvalue weighted by Gasteiger charge is 2.47. The third-order valence-corrected chi connectivity index (χ3v) is 7.01. The van der Waals surface area contributed by atoms with Gasteiger partial charge in [-0.25, -0.2) is 4.39 Å². The Bertz CT molecular complexity index is 969. The van der Waals surface area contributed by atoms with Crippen LogP contribution in [0.1, 0.15) is 35.0 Å². The van der Waals surface area contributed by atoms with Crippen LogP contribution in [0.3, 0.4) is 0 Å². The molecule has 0 radical (unpaired) electrons. The molecule has 4 rings (SSSR count). The van der Waals surface area contributed by atoms with Gasteiger partial charge in [0.2, 0.25) is 0 Å². The zero-order valence-corrected chi connectivity index (χ0v) is 17.5. The molecule has 3 atom stereocenters. The van der Waals surface area contributed by atoms with Gasteiger partial charge in [-0.2, -0.15) is 0 Å². The lowest BCUT2D eigenvalue weighted by atomic mass is 9.76. The van der Waals surface area contributed by atoms with E-state index >= 15 is 0 Å². The lowest BCUT2D eigenvalue weighted by Gasteiger charge is -2.45. The van der Waals surface area contributed by atoms with Crippen LogP contribution in [-0.2, 0) is 16.7 Å². The van der Waals surface area contributed by atoms with E-state index in [-0.39, 0.29) is 29.2 Å². The number of aliphatic imine (C=N–C) groups is 1. The van der Waals surface area contributed by atoms with Crippen molar-refractivity contribution in [3.63, 3.8) is 0 Å². The Morgan fingerprint density at radius 2 is 2.24 bits per heavy atom. The maximum Gasteiger partial charge on any atom is 0.185 e. The van der Waals surface area contributed by atoms with Gasteiger partial charge in [-0.05, 0) is 43.2 Å². The molecular formula is C21H21ClFN3O2S. The summed E-state index contributed by atoms with van der Waals surface area (Å²) in [5, 5.41) is 1.16. The van der Waals surface area contributed by atoms with Crippen LogP contribution in [0.2, 0.25) is 5.02 Å². The van der Waals surface area contributed by atoms with Gasteiger partial charge >= 0.3 is 0 Å². The Morgan fingerprint density at radius 3 is 3.00 bits per heavy atom. The molecule has 1 aromatic heterocycles. The molecule has 3 heterocycles. The molecule has 2 unspecified atom stereocenters. The highest BCUT2D eigenvalue weighted by Crippen LogP contribution is 2.47. The van der Waals surface area contributed by atoms with E-state index in [0.717, 1.165) is 6.42 Å². The van der Waals surface area contributed by atoms with Gasteiger partial charge in [0.15, 0.2) is 11.0 Å². The van der Waals surface area contributed by atoms with Gasteiger partial charge < -0.3 is 10.5 Å². The van der Waals surface area contributed by atoms with Gasteiger partial charge in [0, 0.05) is 36.0 Å². The highest BCUT2D eigenvalue weighted by molar-refractivity contribution is 8.14. The number of carbonyl (C=O) groups is 1. The van der Waals surface area contributed by atoms with Crippen LogP contribution in [0.5, 0.6) is 0 Å². The summed E-state index contributed by atoms with van der Waals surface area (Å²) in [5.41, 5.74) is 6.70. The summed E-state index contributed by atoms with van der Waals surface area (Å²) in [6.45, 7) is 3.07. The number of amidine groups is 1. The van der Waals surface area contributed by atoms with Gasteiger partial charge in [-0.15, -0.1) is 0 Å². The number of hydrogen-bond donors (Lipinski definition) is 1. The molecule has 152 valence electrons. The number of pyridine rings is 1. The number of ketones is 1. The van der Waals surface area contributed by atoms with Gasteiger partial charge in [-0.1, -0.05) is 29.4 Å². The van der Waals surface area contributed by atoms with E-state index in [9.17, 15) is 9.18 Å². The van der Waals surface area contributed by atoms with E-state index in [1.54, 1.807) is 24.3 Å². The molecular weight excluding hydrogens is 413 g/mol. The van der Waals surface area contributed by atoms with E-state index in [0.29, 0.717) is 40.2 Å². The quantitative estimate of drug-likeness (QED) is 0.738. The van der Waals surface area contributed by atoms with E-state index in [2.05, 4.69) is 9.98 Å². The number of ether oxygens (including phenoxy) is 1. The van der Waals surface area contributed by atoms with Crippen molar-refractivity contribution >= 4 is 34.3 Å². The lowest BCUT2D eigenvalue weighted by Crippen LogP contribution is -2.48. The van der Waals surface area contributed by atoms with E-state index in [1.807, 2.05) is 6.92 Å². The first-order chi connectivity index (χ1) is 13.9. The third-order valence-electron chi connectivity index (χ3n) is 5.58. The molecule has 0 amide bonds. The Kier molecular flexibility index (Phi) is 5.64. The fourth-order valence-corrected chi connectivity index (χ4v) is 5.41. The van der Waals surface area contributed by atoms with Gasteiger partial charge in [-0.3, -0.25) is 14.8 Å². The van der Waals surface area contributed by atoms with Crippen molar-refractivity contribution in [1.29, 1.82) is 0 Å². The molecule has 2 N–H and O–H groups in total. The molecule has 1 aromatic carbocycles. The number of aromatic nitrogens is 1. The van der Waals surface area contributed by atoms with E-state index < -0.39 is 5.54 Å². The molecule has 1 saturated heterocycles. The van der Waals surface area contributed by atoms with Crippen LogP contribution in [0.25, 0.3) is 0 Å². The molecule has 0 spiro atoms. The number of rotatable bonds is 4. The Hall–Kier alpha value is -1.96. The number of nitrogens with zero attached hydrogens (tertiary/aromatic N) is 2. The van der Waals surface area contributed by atoms with Crippen molar-refractivity contribution in [2.75, 3.05) is 13.2 Å². The molecule has 29 heavy (non-hydrogen) atoms. The summed E-state index contributed by atoms with van der Waals surface area (Å²) in [4.78, 5) is 21.3. The van der Waals surface area contributed by atoms with E-state index in [1.165, 1.54) is 24.0 Å². The normalized spacial score (nSPS) is 26.5. The second kappa shape index (κ2) is 8.05. The summed E-state index contributed by atoms with van der Waals surface area (Å²) in [7, 11) is 0. The van der Waals surface area contributed by atoms with Crippen LogP contribution in [0, 0.1) is 11.7 Å². The number of fused-ring (bicyclic) bond motifs is 1. The topological polar surface area (TPSA) is 77.6 Å². The molecule has 1 fully saturated rings. The summed E-state index contributed by atoms with van der Waals surface area (Å²) < 4.78 is 20.6. The molecule has 2 aliphatic heterocycles. The number of thioether (sulfide) groups is 1. The van der Waals surface area contributed by atoms with Gasteiger partial charge in [0.1, 0.15) is 11.5 Å². The number of benzene rings is 1. The van der Waals surface area contributed by atoms with Crippen molar-refractivity contribution in [2.45, 2.75) is 30.6 Å². The average Bonchev–Trinajstić information content (AvgIpc) is 2.69. The van der Waals surface area contributed by atoms with Crippen molar-refractivity contribution in [1.82, 2.24) is 4.98 Å². The number of hydrogen-bond acceptors (Lipinski definition) is 6. The minimum absolute atomic E-state index is 0.00642. The van der Waals surface area contributed by atoms with Crippen LogP contribution in [-0.4, -0.2) is 34.4 Å². The number of Topliss-reactive ketones (excluding diaryl/α,β-unsaturated/α-hetero) is 1. The maximum absolute atomic E-state index is 14.9. The van der Waals surface area contributed by atoms with Crippen LogP contribution in [0.15, 0.2) is 41.5 Å². The van der Waals surface area contributed by atoms with Crippen molar-refractivity contribution in [2.24, 2.45) is 16.6 Å². The number of halogens is 2. The molecule has 0 saturated carbocycles. The number of carbonyl (C=O) groups excluding carboxylic acids is 1. The first-order valence-electron chi connectivity index (χ1n) is 9.40. The van der Waals surface area contributed by atoms with Gasteiger partial charge in [0.25, 0.3) is 0 Å². The van der Waals surface area contributed by atoms with Gasteiger partial charge in [0.05, 0.1) is 17.2 Å². The molecule has 0 bridgehead atoms. The Morgan fingerprint density at radius 1 is 1.41 bits per heavy atom. The molecule has 2 aromatic rings. The zero-order chi connectivity index (χ0) is 20.6. The largest absolute Gasteiger partial charge is 0.381 e. The summed E-state index contributed by atoms with van der Waals surface area (Å²) in [5.74, 6) is -0.515. The predicted octanol–water partition coefficient (Wildman–Crippen LogP) is 3.98. The van der Waals surface area contributed by atoms with E-state index in [4.69, 9.17) is 22.1 Å². The molecule has 0 aliphatic carbocycles. The van der Waals surface area contributed by atoms with Crippen LogP contribution in [0.4, 0.5) is 4.39 Å². The Labute approximate surface area is 177 Å². The fourth-order valence-electron chi connectivity index (χ4n) is 4.02. The standard InChI is InChI=1S/C21H21ClFN3O2S/c1-21(15-11-28-7-6-19(15)29-20(24)26-21)14-8-12(2-4-16(14)23)9-18(27)17-5-3-13(22)10-25-17/h2-5,8,10,15,19H,6-7,9,11H2,1H3,(H2,24,26)/t15?,19?,21-/m1/s1. The average molecular weight is 434 g/mol. The van der Waals surface area contributed by atoms with Crippen molar-refractivity contribution in [3.8, 4) is 0 Å². The maximum atomic E-state index is 14.9. The first kappa shape index (κ1) is 20.3. The third kappa shape index (κ3) is 4.04. The molecule has 8 heteroatoms. The molecule has 2 aliphatic rings. The predicted molar refractivity (Wildman–Crippen MR) is 113 cm³/mol. The van der Waals surface area contributed by atoms with Crippen molar-refractivity contribution in [3.05, 3.63) is 64.2 Å². The van der Waals surface area contributed by atoms with Crippen molar-refractivity contribution < 1.29 is 13.9 Å². The monoisotopic (exact) mass is 433 g/mol. The van der Waals surface area contributed by atoms with Crippen LogP contribution < -0.4 is 5.73 Å². The number of nitrogens with two attached hydrogens (primary N) is 1. The summed E-state index contributed by atoms with van der Waals surface area (Å²) in [6, 6.07) is 7.95. The second-order valence-corrected chi connectivity index (χ2v) is 9.20. The fraction of sp³-hybridized carbons (Fsp3) is 0.381. The zero-order valence-electron chi connectivity index (χ0n) is 15.9. The lowest BCUT2D eigenvalue weighted by molar-refractivity contribution is 0.0280. The minimum Gasteiger partial charge on any atom is -0.381 e. The molecule has 5 nitrogen and oxygen atoms in total. The second-order valence-electron chi connectivity index (χ2n) is 7.50. The first-order valence-corrected chi connectivity index (χ1v) is 10.7. The highest BCUT2D eigenvalue weighted by atomic mass is 35.5. The summed E-state index contributed by atoms with van der Waals surface area (Å²) >= 11 is 7.37. The summed E-state index contributed by atoms with van der Waals surface area (Å²) in [6.07, 6.45) is 2.39. The smallest absolute Gasteiger partial charge is 0.185 e. The SMILES string of the molecule is C[C@]1(c2cc(CC(=O)c3ccc(Cl)cn3)ccc2F)N=C(N)SC2CCOCC21.